The van der Waals surface area contributed by atoms with Gasteiger partial charge in [0.2, 0.25) is 0 Å². The molecule has 0 N–H and O–H groups in total. The van der Waals surface area contributed by atoms with Crippen LogP contribution in [0.25, 0.3) is 0 Å². The monoisotopic (exact) mass is 645 g/mol. The maximum absolute atomic E-state index is 2.70. The third-order valence-electron chi connectivity index (χ3n) is 10.8. The largest absolute Gasteiger partial charge is 0.356 e. The number of hydrogen-bond acceptors (Lipinski definition) is 2. The molecule has 46 heavy (non-hydrogen) atoms. The van der Waals surface area contributed by atoms with Gasteiger partial charge in [0.15, 0.2) is 0 Å². The smallest absolute Gasteiger partial charge is 0.101 e. The van der Waals surface area contributed by atoms with Crippen LogP contribution in [-0.2, 0) is 0 Å². The molecule has 0 spiro atoms. The summed E-state index contributed by atoms with van der Waals surface area (Å²) in [6, 6.07) is 0. The highest BCUT2D eigenvalue weighted by molar-refractivity contribution is 4.97. The lowest BCUT2D eigenvalue weighted by Crippen LogP contribution is -2.39. The van der Waals surface area contributed by atoms with Crippen LogP contribution in [0.2, 0.25) is 0 Å². The third kappa shape index (κ3) is 27.3. The van der Waals surface area contributed by atoms with Gasteiger partial charge in [0.05, 0.1) is 0 Å². The second-order valence-corrected chi connectivity index (χ2v) is 15.4. The van der Waals surface area contributed by atoms with Gasteiger partial charge in [-0.15, -0.1) is 0 Å². The van der Waals surface area contributed by atoms with Crippen LogP contribution in [0.5, 0.6) is 0 Å². The third-order valence-corrected chi connectivity index (χ3v) is 10.8. The van der Waals surface area contributed by atoms with Crippen molar-refractivity contribution in [1.82, 2.24) is 9.80 Å². The molecule has 2 nitrogen and oxygen atoms in total. The molecule has 0 bridgehead atoms. The van der Waals surface area contributed by atoms with Crippen molar-refractivity contribution in [2.75, 3.05) is 13.1 Å². The van der Waals surface area contributed by atoms with Crippen LogP contribution in [0.1, 0.15) is 252 Å². The van der Waals surface area contributed by atoms with E-state index in [1.807, 2.05) is 0 Å². The molecule has 274 valence electrons. The molecule has 0 aliphatic carbocycles. The molecule has 0 saturated carbocycles. The van der Waals surface area contributed by atoms with Crippen molar-refractivity contribution >= 4 is 0 Å². The van der Waals surface area contributed by atoms with Crippen LogP contribution < -0.4 is 0 Å². The maximum Gasteiger partial charge on any atom is 0.101 e. The first-order valence-electron chi connectivity index (χ1n) is 22.0. The van der Waals surface area contributed by atoms with E-state index in [0.29, 0.717) is 6.17 Å². The van der Waals surface area contributed by atoms with E-state index in [1.54, 1.807) is 0 Å². The first-order chi connectivity index (χ1) is 22.8. The molecule has 1 aliphatic rings. The predicted octanol–water partition coefficient (Wildman–Crippen LogP) is 15.5. The zero-order valence-corrected chi connectivity index (χ0v) is 32.5. The molecule has 0 aromatic carbocycles. The maximum atomic E-state index is 2.70. The summed E-state index contributed by atoms with van der Waals surface area (Å²) >= 11 is 0. The van der Waals surface area contributed by atoms with Crippen LogP contribution in [-0.4, -0.2) is 29.1 Å². The molecule has 0 radical (unpaired) electrons. The summed E-state index contributed by atoms with van der Waals surface area (Å²) in [4.78, 5) is 5.40. The van der Waals surface area contributed by atoms with Crippen molar-refractivity contribution in [3.05, 3.63) is 12.4 Å². The van der Waals surface area contributed by atoms with Gasteiger partial charge in [0.25, 0.3) is 0 Å². The zero-order valence-electron chi connectivity index (χ0n) is 32.5. The summed E-state index contributed by atoms with van der Waals surface area (Å²) in [7, 11) is 0. The summed E-state index contributed by atoms with van der Waals surface area (Å²) in [5.74, 6) is 0. The summed E-state index contributed by atoms with van der Waals surface area (Å²) in [5, 5.41) is 0. The Morgan fingerprint density at radius 2 is 0.500 bits per heavy atom. The van der Waals surface area contributed by atoms with Crippen LogP contribution in [0.4, 0.5) is 0 Å². The minimum atomic E-state index is 0.638. The van der Waals surface area contributed by atoms with Crippen molar-refractivity contribution in [2.24, 2.45) is 0 Å². The van der Waals surface area contributed by atoms with Crippen LogP contribution in [0.3, 0.4) is 0 Å². The van der Waals surface area contributed by atoms with Crippen LogP contribution in [0, 0.1) is 0 Å². The lowest BCUT2D eigenvalue weighted by molar-refractivity contribution is 0.135. The van der Waals surface area contributed by atoms with Gasteiger partial charge in [-0.1, -0.05) is 226 Å². The van der Waals surface area contributed by atoms with Crippen molar-refractivity contribution in [3.8, 4) is 0 Å². The van der Waals surface area contributed by atoms with E-state index in [1.165, 1.54) is 244 Å². The standard InChI is InChI=1S/C44H88N2/c1-4-7-10-12-14-16-18-20-22-24-26-28-30-32-34-37-40-45-42-43-46(44(45)39-36-9-6-3)41-38-35-33-31-29-27-25-23-21-19-17-15-13-11-8-5-2/h42-44H,4-41H2,1-3H3. The Morgan fingerprint density at radius 3 is 0.761 bits per heavy atom. The second kappa shape index (κ2) is 35.6. The van der Waals surface area contributed by atoms with Crippen molar-refractivity contribution < 1.29 is 0 Å². The molecule has 2 heteroatoms. The van der Waals surface area contributed by atoms with E-state index in [9.17, 15) is 0 Å². The summed E-state index contributed by atoms with van der Waals surface area (Å²) in [6.07, 6.45) is 57.4. The molecule has 0 atom stereocenters. The SMILES string of the molecule is CCCCCCCCCCCCCCCCCCN1C=CN(CCCCCCCCCCCCCCCCCC)C1CCCCC. The van der Waals surface area contributed by atoms with Gasteiger partial charge < -0.3 is 9.80 Å². The molecule has 0 aromatic rings. The van der Waals surface area contributed by atoms with Gasteiger partial charge in [0.1, 0.15) is 6.17 Å². The first-order valence-corrected chi connectivity index (χ1v) is 22.0. The Labute approximate surface area is 292 Å². The molecule has 1 rings (SSSR count). The molecule has 1 heterocycles. The van der Waals surface area contributed by atoms with Crippen LogP contribution in [0.15, 0.2) is 12.4 Å². The molecule has 0 amide bonds. The number of nitrogens with zero attached hydrogens (tertiary/aromatic N) is 2. The van der Waals surface area contributed by atoms with Gasteiger partial charge in [-0.25, -0.2) is 0 Å². The zero-order chi connectivity index (χ0) is 33.0. The fourth-order valence-electron chi connectivity index (χ4n) is 7.60. The Balaban J connectivity index is 1.99. The van der Waals surface area contributed by atoms with E-state index in [0.717, 1.165) is 0 Å². The fourth-order valence-corrected chi connectivity index (χ4v) is 7.60. The highest BCUT2D eigenvalue weighted by Gasteiger charge is 2.24. The summed E-state index contributed by atoms with van der Waals surface area (Å²) in [5.41, 5.74) is 0. The van der Waals surface area contributed by atoms with Crippen molar-refractivity contribution in [1.29, 1.82) is 0 Å². The number of rotatable bonds is 38. The van der Waals surface area contributed by atoms with E-state index in [-0.39, 0.29) is 0 Å². The van der Waals surface area contributed by atoms with Gasteiger partial charge in [0, 0.05) is 25.5 Å². The number of hydrogen-bond donors (Lipinski definition) is 0. The fraction of sp³-hybridized carbons (Fsp3) is 0.955. The minimum absolute atomic E-state index is 0.638. The highest BCUT2D eigenvalue weighted by Crippen LogP contribution is 2.24. The average molecular weight is 645 g/mol. The lowest BCUT2D eigenvalue weighted by atomic mass is 10.0. The Bertz CT molecular complexity index is 555. The van der Waals surface area contributed by atoms with Gasteiger partial charge in [-0.3, -0.25) is 0 Å². The second-order valence-electron chi connectivity index (χ2n) is 15.4. The normalized spacial score (nSPS) is 13.5. The van der Waals surface area contributed by atoms with E-state index in [2.05, 4.69) is 43.0 Å². The summed E-state index contributed by atoms with van der Waals surface area (Å²) in [6.45, 7) is 9.50. The Kier molecular flexibility index (Phi) is 33.6. The molecule has 0 fully saturated rings. The van der Waals surface area contributed by atoms with Crippen molar-refractivity contribution in [2.45, 2.75) is 258 Å². The van der Waals surface area contributed by atoms with Crippen LogP contribution >= 0.6 is 0 Å². The first kappa shape index (κ1) is 43.4. The average Bonchev–Trinajstić information content (AvgIpc) is 3.45. The van der Waals surface area contributed by atoms with Gasteiger partial charge in [-0.2, -0.15) is 0 Å². The molecular weight excluding hydrogens is 556 g/mol. The topological polar surface area (TPSA) is 6.48 Å². The Morgan fingerprint density at radius 1 is 0.283 bits per heavy atom. The lowest BCUT2D eigenvalue weighted by Gasteiger charge is -2.33. The molecule has 0 aromatic heterocycles. The van der Waals surface area contributed by atoms with E-state index < -0.39 is 0 Å². The Hall–Kier alpha value is -0.660. The highest BCUT2D eigenvalue weighted by atomic mass is 15.4. The predicted molar refractivity (Wildman–Crippen MR) is 210 cm³/mol. The van der Waals surface area contributed by atoms with E-state index >= 15 is 0 Å². The van der Waals surface area contributed by atoms with Gasteiger partial charge in [-0.05, 0) is 25.7 Å². The molecule has 0 saturated heterocycles. The minimum Gasteiger partial charge on any atom is -0.356 e. The molecule has 1 aliphatic heterocycles. The molecular formula is C44H88N2. The van der Waals surface area contributed by atoms with Crippen molar-refractivity contribution in [3.63, 3.8) is 0 Å². The van der Waals surface area contributed by atoms with Gasteiger partial charge >= 0.3 is 0 Å². The summed E-state index contributed by atoms with van der Waals surface area (Å²) < 4.78 is 0. The quantitative estimate of drug-likeness (QED) is 0.0617. The molecule has 0 unspecified atom stereocenters. The number of unbranched alkanes of at least 4 members (excludes halogenated alkanes) is 32. The van der Waals surface area contributed by atoms with E-state index in [4.69, 9.17) is 0 Å².